The van der Waals surface area contributed by atoms with Crippen molar-refractivity contribution < 1.29 is 0 Å². The summed E-state index contributed by atoms with van der Waals surface area (Å²) in [6.07, 6.45) is 3.70. The topological polar surface area (TPSA) is 37.8 Å². The third kappa shape index (κ3) is 2.12. The van der Waals surface area contributed by atoms with Crippen LogP contribution < -0.4 is 5.32 Å². The highest BCUT2D eigenvalue weighted by atomic mass is 32.1. The highest BCUT2D eigenvalue weighted by Gasteiger charge is 2.00. The quantitative estimate of drug-likeness (QED) is 0.764. The van der Waals surface area contributed by atoms with E-state index in [2.05, 4.69) is 32.8 Å². The molecule has 0 saturated carbocycles. The number of nitrogens with one attached hydrogen (secondary N) is 1. The van der Waals surface area contributed by atoms with E-state index in [-0.39, 0.29) is 0 Å². The molecule has 0 aliphatic heterocycles. The number of anilines is 1. The Labute approximate surface area is 103 Å². The molecular formula is C13H11N3S. The molecule has 0 saturated heterocycles. The first kappa shape index (κ1) is 10.2. The van der Waals surface area contributed by atoms with Crippen LogP contribution in [0.5, 0.6) is 0 Å². The van der Waals surface area contributed by atoms with E-state index in [0.717, 1.165) is 23.3 Å². The fourth-order valence-corrected chi connectivity index (χ4v) is 2.34. The fraction of sp³-hybridized carbons (Fsp3) is 0.0769. The van der Waals surface area contributed by atoms with Crippen LogP contribution in [0.4, 0.5) is 5.69 Å². The summed E-state index contributed by atoms with van der Waals surface area (Å²) in [6.45, 7) is 0.748. The van der Waals surface area contributed by atoms with E-state index in [0.29, 0.717) is 0 Å². The maximum atomic E-state index is 4.25. The maximum absolute atomic E-state index is 4.25. The van der Waals surface area contributed by atoms with Crippen LogP contribution in [-0.4, -0.2) is 9.97 Å². The van der Waals surface area contributed by atoms with Crippen LogP contribution >= 0.6 is 11.3 Å². The Kier molecular flexibility index (Phi) is 2.71. The highest BCUT2D eigenvalue weighted by molar-refractivity contribution is 7.07. The average Bonchev–Trinajstić information content (AvgIpc) is 2.89. The van der Waals surface area contributed by atoms with E-state index < -0.39 is 0 Å². The lowest BCUT2D eigenvalue weighted by Gasteiger charge is -2.07. The molecule has 3 nitrogen and oxygen atoms in total. The molecule has 0 aliphatic carbocycles. The van der Waals surface area contributed by atoms with Crippen molar-refractivity contribution in [2.45, 2.75) is 6.54 Å². The van der Waals surface area contributed by atoms with Crippen LogP contribution in [0.3, 0.4) is 0 Å². The fourth-order valence-electron chi connectivity index (χ4n) is 1.78. The van der Waals surface area contributed by atoms with Gasteiger partial charge in [-0.15, -0.1) is 11.3 Å². The molecule has 1 N–H and O–H groups in total. The second-order valence-electron chi connectivity index (χ2n) is 3.74. The molecule has 0 amide bonds. The zero-order valence-corrected chi connectivity index (χ0v) is 9.95. The van der Waals surface area contributed by atoms with Crippen molar-refractivity contribution in [3.05, 3.63) is 53.2 Å². The van der Waals surface area contributed by atoms with Crippen LogP contribution in [0.15, 0.2) is 47.5 Å². The molecule has 4 heteroatoms. The number of benzene rings is 1. The summed E-state index contributed by atoms with van der Waals surface area (Å²) in [6, 6.07) is 8.22. The maximum Gasteiger partial charge on any atom is 0.0795 e. The smallest absolute Gasteiger partial charge is 0.0795 e. The van der Waals surface area contributed by atoms with Crippen LogP contribution in [0.25, 0.3) is 10.8 Å². The molecule has 17 heavy (non-hydrogen) atoms. The van der Waals surface area contributed by atoms with Gasteiger partial charge in [0.2, 0.25) is 0 Å². The largest absolute Gasteiger partial charge is 0.379 e. The van der Waals surface area contributed by atoms with E-state index in [1.807, 2.05) is 30.0 Å². The molecular weight excluding hydrogens is 230 g/mol. The molecule has 0 atom stereocenters. The molecule has 2 heterocycles. The molecule has 0 bridgehead atoms. The summed E-state index contributed by atoms with van der Waals surface area (Å²) >= 11 is 1.61. The Morgan fingerprint density at radius 2 is 2.24 bits per heavy atom. The third-order valence-electron chi connectivity index (χ3n) is 2.63. The third-order valence-corrected chi connectivity index (χ3v) is 3.26. The van der Waals surface area contributed by atoms with Gasteiger partial charge in [-0.05, 0) is 17.5 Å². The number of fused-ring (bicyclic) bond motifs is 1. The Morgan fingerprint density at radius 3 is 3.12 bits per heavy atom. The molecule has 0 radical (unpaired) electrons. The zero-order chi connectivity index (χ0) is 11.5. The summed E-state index contributed by atoms with van der Waals surface area (Å²) in [5.74, 6) is 0. The van der Waals surface area contributed by atoms with Gasteiger partial charge in [0.25, 0.3) is 0 Å². The van der Waals surface area contributed by atoms with Gasteiger partial charge in [0.1, 0.15) is 0 Å². The first-order valence-corrected chi connectivity index (χ1v) is 6.31. The molecule has 1 aromatic carbocycles. The molecule has 0 aliphatic rings. The number of nitrogens with zero attached hydrogens (tertiary/aromatic N) is 2. The van der Waals surface area contributed by atoms with Gasteiger partial charge in [0.05, 0.1) is 17.7 Å². The monoisotopic (exact) mass is 241 g/mol. The second-order valence-corrected chi connectivity index (χ2v) is 4.45. The Morgan fingerprint density at radius 1 is 1.24 bits per heavy atom. The van der Waals surface area contributed by atoms with E-state index >= 15 is 0 Å². The Bertz CT molecular complexity index is 614. The van der Waals surface area contributed by atoms with Gasteiger partial charge < -0.3 is 5.32 Å². The second kappa shape index (κ2) is 4.51. The summed E-state index contributed by atoms with van der Waals surface area (Å²) < 4.78 is 0. The number of aromatic nitrogens is 2. The van der Waals surface area contributed by atoms with Gasteiger partial charge >= 0.3 is 0 Å². The number of thiazole rings is 1. The van der Waals surface area contributed by atoms with Gasteiger partial charge in [-0.3, -0.25) is 4.98 Å². The normalized spacial score (nSPS) is 10.6. The van der Waals surface area contributed by atoms with Gasteiger partial charge in [-0.1, -0.05) is 12.1 Å². The van der Waals surface area contributed by atoms with Crippen LogP contribution in [0.2, 0.25) is 0 Å². The standard InChI is InChI=1S/C13H11N3S/c1-2-10-4-5-14-7-12(10)13(3-1)15-6-11-8-17-9-16-11/h1-5,7-9,15H,6H2. The lowest BCUT2D eigenvalue weighted by atomic mass is 10.1. The van der Waals surface area contributed by atoms with E-state index in [9.17, 15) is 0 Å². The number of pyridine rings is 1. The predicted octanol–water partition coefficient (Wildman–Crippen LogP) is 3.30. The molecule has 3 aromatic rings. The Balaban J connectivity index is 1.90. The summed E-state index contributed by atoms with van der Waals surface area (Å²) in [5.41, 5.74) is 4.02. The number of hydrogen-bond donors (Lipinski definition) is 1. The van der Waals surface area contributed by atoms with Crippen molar-refractivity contribution in [2.75, 3.05) is 5.32 Å². The van der Waals surface area contributed by atoms with Crippen molar-refractivity contribution in [1.29, 1.82) is 0 Å². The van der Waals surface area contributed by atoms with Gasteiger partial charge in [0.15, 0.2) is 0 Å². The molecule has 0 unspecified atom stereocenters. The summed E-state index contributed by atoms with van der Waals surface area (Å²) in [5, 5.41) is 7.79. The van der Waals surface area contributed by atoms with Crippen molar-refractivity contribution in [2.24, 2.45) is 0 Å². The predicted molar refractivity (Wildman–Crippen MR) is 71.2 cm³/mol. The molecule has 0 fully saturated rings. The van der Waals surface area contributed by atoms with Crippen molar-refractivity contribution >= 4 is 27.8 Å². The van der Waals surface area contributed by atoms with Gasteiger partial charge in [-0.25, -0.2) is 4.98 Å². The van der Waals surface area contributed by atoms with Crippen LogP contribution in [0, 0.1) is 0 Å². The SMILES string of the molecule is c1cc(NCc2cscn2)c2cnccc2c1. The lowest BCUT2D eigenvalue weighted by molar-refractivity contribution is 1.08. The summed E-state index contributed by atoms with van der Waals surface area (Å²) in [7, 11) is 0. The van der Waals surface area contributed by atoms with Gasteiger partial charge in [-0.2, -0.15) is 0 Å². The van der Waals surface area contributed by atoms with Crippen LogP contribution in [0.1, 0.15) is 5.69 Å². The van der Waals surface area contributed by atoms with Crippen molar-refractivity contribution in [1.82, 2.24) is 9.97 Å². The van der Waals surface area contributed by atoms with Crippen LogP contribution in [-0.2, 0) is 6.54 Å². The lowest BCUT2D eigenvalue weighted by Crippen LogP contribution is -2.00. The minimum Gasteiger partial charge on any atom is -0.379 e. The van der Waals surface area contributed by atoms with Crippen molar-refractivity contribution in [3.63, 3.8) is 0 Å². The molecule has 3 rings (SSSR count). The average molecular weight is 241 g/mol. The first-order chi connectivity index (χ1) is 8.43. The molecule has 84 valence electrons. The van der Waals surface area contributed by atoms with Crippen molar-refractivity contribution in [3.8, 4) is 0 Å². The molecule has 2 aromatic heterocycles. The van der Waals surface area contributed by atoms with Gasteiger partial charge in [0, 0.05) is 28.8 Å². The first-order valence-electron chi connectivity index (χ1n) is 5.37. The van der Waals surface area contributed by atoms with E-state index in [1.165, 1.54) is 5.39 Å². The number of rotatable bonds is 3. The summed E-state index contributed by atoms with van der Waals surface area (Å²) in [4.78, 5) is 8.42. The van der Waals surface area contributed by atoms with E-state index in [4.69, 9.17) is 0 Å². The Hall–Kier alpha value is -1.94. The minimum atomic E-state index is 0.748. The minimum absolute atomic E-state index is 0.748. The highest BCUT2D eigenvalue weighted by Crippen LogP contribution is 2.22. The zero-order valence-electron chi connectivity index (χ0n) is 9.13. The number of hydrogen-bond acceptors (Lipinski definition) is 4. The molecule has 0 spiro atoms. The van der Waals surface area contributed by atoms with E-state index in [1.54, 1.807) is 11.3 Å².